The molecule has 1 aliphatic heterocycles. The second-order valence-electron chi connectivity index (χ2n) is 6.23. The van der Waals surface area contributed by atoms with Crippen molar-refractivity contribution in [3.63, 3.8) is 0 Å². The first-order valence-electron chi connectivity index (χ1n) is 8.29. The summed E-state index contributed by atoms with van der Waals surface area (Å²) in [4.78, 5) is 12.6. The summed E-state index contributed by atoms with van der Waals surface area (Å²) < 4.78 is 26.8. The number of nitrogens with zero attached hydrogens (tertiary/aromatic N) is 1. The summed E-state index contributed by atoms with van der Waals surface area (Å²) in [5.41, 5.74) is 0.417. The van der Waals surface area contributed by atoms with Crippen LogP contribution in [0.5, 0.6) is 0 Å². The highest BCUT2D eigenvalue weighted by Gasteiger charge is 2.30. The van der Waals surface area contributed by atoms with Gasteiger partial charge in [0.25, 0.3) is 5.91 Å². The van der Waals surface area contributed by atoms with E-state index >= 15 is 0 Å². The van der Waals surface area contributed by atoms with Crippen molar-refractivity contribution >= 4 is 50.7 Å². The van der Waals surface area contributed by atoms with Crippen LogP contribution < -0.4 is 5.32 Å². The number of carbonyl (C=O) groups is 1. The van der Waals surface area contributed by atoms with Gasteiger partial charge >= 0.3 is 0 Å². The van der Waals surface area contributed by atoms with E-state index in [0.717, 1.165) is 0 Å². The summed E-state index contributed by atoms with van der Waals surface area (Å²) in [5.74, 6) is -0.257. The summed E-state index contributed by atoms with van der Waals surface area (Å²) in [6.07, 6.45) is 1.06. The predicted octanol–water partition coefficient (Wildman–Crippen LogP) is 4.23. The molecule has 5 nitrogen and oxygen atoms in total. The molecule has 1 heterocycles. The molecule has 0 aromatic heterocycles. The van der Waals surface area contributed by atoms with Gasteiger partial charge < -0.3 is 5.32 Å². The summed E-state index contributed by atoms with van der Waals surface area (Å²) in [7, 11) is -3.56. The molecule has 1 amide bonds. The van der Waals surface area contributed by atoms with Crippen molar-refractivity contribution in [2.24, 2.45) is 0 Å². The molecule has 9 heteroatoms. The molecule has 1 aliphatic rings. The van der Waals surface area contributed by atoms with E-state index in [4.69, 9.17) is 34.8 Å². The highest BCUT2D eigenvalue weighted by molar-refractivity contribution is 7.89. The summed E-state index contributed by atoms with van der Waals surface area (Å²) in [6, 6.07) is 10.7. The van der Waals surface area contributed by atoms with Crippen molar-refractivity contribution < 1.29 is 13.2 Å². The zero-order valence-corrected chi connectivity index (χ0v) is 17.2. The van der Waals surface area contributed by atoms with E-state index in [0.29, 0.717) is 46.6 Å². The zero-order valence-electron chi connectivity index (χ0n) is 14.2. The Morgan fingerprint density at radius 1 is 0.963 bits per heavy atom. The molecule has 0 saturated carbocycles. The SMILES string of the molecule is O=C(NC1CCN(S(=O)(=O)c2ccc(Cl)cc2)CC1)c1ccc(Cl)c(Cl)c1. The molecule has 3 rings (SSSR count). The van der Waals surface area contributed by atoms with Gasteiger partial charge in [0.2, 0.25) is 10.0 Å². The van der Waals surface area contributed by atoms with E-state index in [1.807, 2.05) is 0 Å². The fourth-order valence-electron chi connectivity index (χ4n) is 2.90. The number of sulfonamides is 1. The van der Waals surface area contributed by atoms with Crippen LogP contribution in [-0.2, 0) is 10.0 Å². The third-order valence-electron chi connectivity index (χ3n) is 4.42. The minimum atomic E-state index is -3.56. The second kappa shape index (κ2) is 8.37. The first-order chi connectivity index (χ1) is 12.8. The quantitative estimate of drug-likeness (QED) is 0.763. The van der Waals surface area contributed by atoms with Gasteiger partial charge in [-0.05, 0) is 55.3 Å². The van der Waals surface area contributed by atoms with Crippen molar-refractivity contribution in [3.05, 3.63) is 63.1 Å². The highest BCUT2D eigenvalue weighted by Crippen LogP contribution is 2.24. The lowest BCUT2D eigenvalue weighted by atomic mass is 10.1. The van der Waals surface area contributed by atoms with Crippen LogP contribution in [-0.4, -0.2) is 37.8 Å². The third kappa shape index (κ3) is 4.76. The number of hydrogen-bond donors (Lipinski definition) is 1. The number of halogens is 3. The predicted molar refractivity (Wildman–Crippen MR) is 107 cm³/mol. The Morgan fingerprint density at radius 2 is 1.59 bits per heavy atom. The normalized spacial score (nSPS) is 16.3. The van der Waals surface area contributed by atoms with E-state index in [-0.39, 0.29) is 16.8 Å². The van der Waals surface area contributed by atoms with Crippen LogP contribution in [0.15, 0.2) is 47.4 Å². The maximum absolute atomic E-state index is 12.7. The average molecular weight is 448 g/mol. The molecule has 2 aromatic rings. The Bertz CT molecular complexity index is 941. The number of hydrogen-bond acceptors (Lipinski definition) is 3. The van der Waals surface area contributed by atoms with E-state index in [1.165, 1.54) is 22.5 Å². The number of benzene rings is 2. The first kappa shape index (κ1) is 20.4. The Hall–Kier alpha value is -1.31. The Labute approximate surface area is 173 Å². The van der Waals surface area contributed by atoms with Crippen molar-refractivity contribution in [2.75, 3.05) is 13.1 Å². The van der Waals surface area contributed by atoms with Crippen molar-refractivity contribution in [1.82, 2.24) is 9.62 Å². The lowest BCUT2D eigenvalue weighted by Gasteiger charge is -2.31. The first-order valence-corrected chi connectivity index (χ1v) is 10.9. The molecule has 27 heavy (non-hydrogen) atoms. The molecule has 1 N–H and O–H groups in total. The van der Waals surface area contributed by atoms with Gasteiger partial charge in [-0.15, -0.1) is 0 Å². The molecule has 0 spiro atoms. The standard InChI is InChI=1S/C18H17Cl3N2O3S/c19-13-2-4-15(5-3-13)27(25,26)23-9-7-14(8-10-23)22-18(24)12-1-6-16(20)17(21)11-12/h1-6,11,14H,7-10H2,(H,22,24). The third-order valence-corrected chi connectivity index (χ3v) is 7.33. The number of amides is 1. The van der Waals surface area contributed by atoms with Crippen LogP contribution in [0.3, 0.4) is 0 Å². The zero-order chi connectivity index (χ0) is 19.6. The van der Waals surface area contributed by atoms with Crippen LogP contribution in [0.4, 0.5) is 0 Å². The number of piperidine rings is 1. The van der Waals surface area contributed by atoms with E-state index in [1.54, 1.807) is 24.3 Å². The topological polar surface area (TPSA) is 66.5 Å². The van der Waals surface area contributed by atoms with Crippen LogP contribution in [0.25, 0.3) is 0 Å². The molecule has 144 valence electrons. The van der Waals surface area contributed by atoms with Crippen LogP contribution in [0.2, 0.25) is 15.1 Å². The van der Waals surface area contributed by atoms with Gasteiger partial charge in [0.1, 0.15) is 0 Å². The minimum absolute atomic E-state index is 0.108. The van der Waals surface area contributed by atoms with Crippen molar-refractivity contribution in [1.29, 1.82) is 0 Å². The fourth-order valence-corrected chi connectivity index (χ4v) is 4.80. The summed E-state index contributed by atoms with van der Waals surface area (Å²) >= 11 is 17.6. The Balaban J connectivity index is 1.60. The van der Waals surface area contributed by atoms with Crippen molar-refractivity contribution in [2.45, 2.75) is 23.8 Å². The molecule has 0 unspecified atom stereocenters. The number of rotatable bonds is 4. The summed E-state index contributed by atoms with van der Waals surface area (Å²) in [5, 5.41) is 4.10. The van der Waals surface area contributed by atoms with Gasteiger partial charge in [-0.3, -0.25) is 4.79 Å². The minimum Gasteiger partial charge on any atom is -0.349 e. The van der Waals surface area contributed by atoms with Gasteiger partial charge in [-0.2, -0.15) is 4.31 Å². The van der Waals surface area contributed by atoms with E-state index in [2.05, 4.69) is 5.32 Å². The molecular formula is C18H17Cl3N2O3S. The summed E-state index contributed by atoms with van der Waals surface area (Å²) in [6.45, 7) is 0.661. The van der Waals surface area contributed by atoms with E-state index in [9.17, 15) is 13.2 Å². The van der Waals surface area contributed by atoms with Crippen LogP contribution >= 0.6 is 34.8 Å². The average Bonchev–Trinajstić information content (AvgIpc) is 2.64. The molecule has 0 radical (unpaired) electrons. The van der Waals surface area contributed by atoms with Crippen LogP contribution in [0, 0.1) is 0 Å². The Kier molecular flexibility index (Phi) is 6.33. The maximum atomic E-state index is 12.7. The van der Waals surface area contributed by atoms with E-state index < -0.39 is 10.0 Å². The smallest absolute Gasteiger partial charge is 0.251 e. The molecule has 1 saturated heterocycles. The second-order valence-corrected chi connectivity index (χ2v) is 9.42. The van der Waals surface area contributed by atoms with Gasteiger partial charge in [-0.1, -0.05) is 34.8 Å². The monoisotopic (exact) mass is 446 g/mol. The van der Waals surface area contributed by atoms with Crippen LogP contribution in [0.1, 0.15) is 23.2 Å². The lowest BCUT2D eigenvalue weighted by Crippen LogP contribution is -2.46. The number of nitrogens with one attached hydrogen (secondary N) is 1. The van der Waals surface area contributed by atoms with Crippen molar-refractivity contribution in [3.8, 4) is 0 Å². The lowest BCUT2D eigenvalue weighted by molar-refractivity contribution is 0.0924. The molecule has 0 atom stereocenters. The molecule has 1 fully saturated rings. The van der Waals surface area contributed by atoms with Gasteiger partial charge in [0.15, 0.2) is 0 Å². The Morgan fingerprint density at radius 3 is 2.19 bits per heavy atom. The molecular weight excluding hydrogens is 431 g/mol. The largest absolute Gasteiger partial charge is 0.349 e. The fraction of sp³-hybridized carbons (Fsp3) is 0.278. The molecule has 0 bridgehead atoms. The van der Waals surface area contributed by atoms with Gasteiger partial charge in [-0.25, -0.2) is 8.42 Å². The molecule has 2 aromatic carbocycles. The van der Waals surface area contributed by atoms with Gasteiger partial charge in [0.05, 0.1) is 14.9 Å². The number of carbonyl (C=O) groups excluding carboxylic acids is 1. The molecule has 0 aliphatic carbocycles. The maximum Gasteiger partial charge on any atom is 0.251 e. The highest BCUT2D eigenvalue weighted by atomic mass is 35.5. The van der Waals surface area contributed by atoms with Gasteiger partial charge in [0, 0.05) is 29.7 Å².